The van der Waals surface area contributed by atoms with Crippen molar-refractivity contribution in [1.82, 2.24) is 15.2 Å². The minimum atomic E-state index is -0.765. The summed E-state index contributed by atoms with van der Waals surface area (Å²) in [5, 5.41) is 6.12. The predicted molar refractivity (Wildman–Crippen MR) is 136 cm³/mol. The summed E-state index contributed by atoms with van der Waals surface area (Å²) in [7, 11) is 0. The Morgan fingerprint density at radius 3 is 2.50 bits per heavy atom. The highest BCUT2D eigenvalue weighted by Gasteiger charge is 2.30. The summed E-state index contributed by atoms with van der Waals surface area (Å²) in [4.78, 5) is 30.5. The molecule has 2 aromatic carbocycles. The van der Waals surface area contributed by atoms with Crippen LogP contribution in [0.1, 0.15) is 42.5 Å². The fourth-order valence-corrected chi connectivity index (χ4v) is 4.04. The average Bonchev–Trinajstić information content (AvgIpc) is 2.82. The zero-order valence-electron chi connectivity index (χ0n) is 20.7. The summed E-state index contributed by atoms with van der Waals surface area (Å²) in [5.41, 5.74) is 2.87. The molecule has 0 aliphatic carbocycles. The largest absolute Gasteiger partial charge is 0.485 e. The number of pyridine rings is 1. The number of carbonyl (C=O) groups excluding carboxylic acids is 2. The van der Waals surface area contributed by atoms with E-state index in [4.69, 9.17) is 4.74 Å². The number of likely N-dealkylation sites (tertiary alicyclic amines) is 1. The van der Waals surface area contributed by atoms with Gasteiger partial charge in [0.05, 0.1) is 19.3 Å². The first-order chi connectivity index (χ1) is 17.3. The second-order valence-electron chi connectivity index (χ2n) is 9.24. The van der Waals surface area contributed by atoms with Crippen molar-refractivity contribution in [2.45, 2.75) is 38.8 Å². The smallest absolute Gasteiger partial charge is 0.247 e. The Labute approximate surface area is 210 Å². The number of ether oxygens (including phenoxy) is 1. The number of hydrogen-bond donors (Lipinski definition) is 2. The molecule has 1 fully saturated rings. The maximum Gasteiger partial charge on any atom is 0.247 e. The summed E-state index contributed by atoms with van der Waals surface area (Å²) < 4.78 is 19.8. The van der Waals surface area contributed by atoms with Gasteiger partial charge < -0.3 is 20.3 Å². The van der Waals surface area contributed by atoms with Crippen molar-refractivity contribution in [3.8, 4) is 5.75 Å². The van der Waals surface area contributed by atoms with Gasteiger partial charge in [-0.2, -0.15) is 0 Å². The van der Waals surface area contributed by atoms with Crippen molar-refractivity contribution in [3.63, 3.8) is 0 Å². The van der Waals surface area contributed by atoms with E-state index in [1.807, 2.05) is 6.92 Å². The normalized spacial score (nSPS) is 15.1. The van der Waals surface area contributed by atoms with Crippen molar-refractivity contribution < 1.29 is 18.7 Å². The van der Waals surface area contributed by atoms with Crippen LogP contribution in [0.15, 0.2) is 66.9 Å². The molecule has 1 aliphatic heterocycles. The highest BCUT2D eigenvalue weighted by atomic mass is 19.1. The minimum absolute atomic E-state index is 0.0285. The molecule has 1 aliphatic rings. The average molecular weight is 491 g/mol. The molecule has 2 N–H and O–H groups in total. The van der Waals surface area contributed by atoms with Crippen LogP contribution in [0.3, 0.4) is 0 Å². The molecule has 0 radical (unpaired) electrons. The fourth-order valence-electron chi connectivity index (χ4n) is 4.04. The number of aromatic nitrogens is 1. The van der Waals surface area contributed by atoms with Gasteiger partial charge in [-0.25, -0.2) is 9.37 Å². The third kappa shape index (κ3) is 6.46. The van der Waals surface area contributed by atoms with Crippen molar-refractivity contribution in [1.29, 1.82) is 0 Å². The van der Waals surface area contributed by atoms with E-state index in [1.165, 1.54) is 30.8 Å². The van der Waals surface area contributed by atoms with Crippen LogP contribution in [-0.2, 0) is 9.59 Å². The van der Waals surface area contributed by atoms with Gasteiger partial charge in [-0.1, -0.05) is 48.9 Å². The van der Waals surface area contributed by atoms with Crippen LogP contribution in [0, 0.1) is 12.7 Å². The Bertz CT molecular complexity index is 1190. The maximum atomic E-state index is 14.0. The number of rotatable bonds is 9. The third-order valence-electron chi connectivity index (χ3n) is 6.30. The quantitative estimate of drug-likeness (QED) is 0.470. The molecule has 2 heterocycles. The van der Waals surface area contributed by atoms with Gasteiger partial charge in [0.1, 0.15) is 29.5 Å². The number of nitrogens with one attached hydrogen (secondary N) is 2. The molecule has 2 amide bonds. The first kappa shape index (κ1) is 25.3. The topological polar surface area (TPSA) is 83.6 Å². The van der Waals surface area contributed by atoms with E-state index in [9.17, 15) is 14.0 Å². The number of halogens is 1. The van der Waals surface area contributed by atoms with Gasteiger partial charge >= 0.3 is 0 Å². The molecule has 188 valence electrons. The standard InChI is InChI=1S/C28H31FN4O3/c1-18-7-9-21(10-8-18)19(2)14-31-27(22-5-4-6-23(29)13-22)28(35)32-26-12-11-24(15-30-26)36-25-16-33(17-25)20(3)34/h4-13,15,19,25,27,31H,14,16-17H2,1-3H3,(H,30,32,35)/t19-,27-/m1/s1. The SMILES string of the molecule is CC(=O)N1CC(Oc2ccc(NC(=O)[C@H](NC[C@@H](C)c3ccc(C)cc3)c3cccc(F)c3)nc2)C1. The van der Waals surface area contributed by atoms with E-state index in [2.05, 4.69) is 46.8 Å². The summed E-state index contributed by atoms with van der Waals surface area (Å²) >= 11 is 0. The molecule has 8 heteroatoms. The van der Waals surface area contributed by atoms with E-state index in [1.54, 1.807) is 29.2 Å². The Morgan fingerprint density at radius 2 is 1.86 bits per heavy atom. The van der Waals surface area contributed by atoms with Crippen molar-refractivity contribution in [3.05, 3.63) is 89.4 Å². The van der Waals surface area contributed by atoms with E-state index in [0.717, 1.165) is 5.56 Å². The minimum Gasteiger partial charge on any atom is -0.485 e. The molecule has 1 aromatic heterocycles. The number of nitrogens with zero attached hydrogens (tertiary/aromatic N) is 2. The summed E-state index contributed by atoms with van der Waals surface area (Å²) in [6.45, 7) is 7.28. The Hall–Kier alpha value is -3.78. The van der Waals surface area contributed by atoms with Crippen molar-refractivity contribution in [2.24, 2.45) is 0 Å². The monoisotopic (exact) mass is 490 g/mol. The lowest BCUT2D eigenvalue weighted by molar-refractivity contribution is -0.137. The first-order valence-electron chi connectivity index (χ1n) is 12.0. The molecule has 4 rings (SSSR count). The lowest BCUT2D eigenvalue weighted by atomic mass is 9.98. The van der Waals surface area contributed by atoms with Crippen LogP contribution in [0.25, 0.3) is 0 Å². The number of aryl methyl sites for hydroxylation is 1. The molecule has 36 heavy (non-hydrogen) atoms. The van der Waals surface area contributed by atoms with E-state index >= 15 is 0 Å². The van der Waals surface area contributed by atoms with Gasteiger partial charge in [0.15, 0.2) is 0 Å². The number of amides is 2. The van der Waals surface area contributed by atoms with Gasteiger partial charge in [-0.15, -0.1) is 0 Å². The van der Waals surface area contributed by atoms with Gasteiger partial charge in [0.2, 0.25) is 11.8 Å². The van der Waals surface area contributed by atoms with Crippen LogP contribution in [-0.4, -0.2) is 47.4 Å². The number of hydrogen-bond acceptors (Lipinski definition) is 5. The van der Waals surface area contributed by atoms with E-state index < -0.39 is 11.9 Å². The zero-order valence-corrected chi connectivity index (χ0v) is 20.7. The van der Waals surface area contributed by atoms with Gasteiger partial charge in [0.25, 0.3) is 0 Å². The van der Waals surface area contributed by atoms with Crippen LogP contribution in [0.5, 0.6) is 5.75 Å². The number of benzene rings is 2. The molecule has 3 aromatic rings. The summed E-state index contributed by atoms with van der Waals surface area (Å²) in [5.74, 6) is 0.357. The summed E-state index contributed by atoms with van der Waals surface area (Å²) in [6.07, 6.45) is 1.48. The lowest BCUT2D eigenvalue weighted by Gasteiger charge is -2.38. The first-order valence-corrected chi connectivity index (χ1v) is 12.0. The van der Waals surface area contributed by atoms with Gasteiger partial charge in [-0.3, -0.25) is 9.59 Å². The van der Waals surface area contributed by atoms with Gasteiger partial charge in [0, 0.05) is 13.5 Å². The molecule has 0 saturated carbocycles. The van der Waals surface area contributed by atoms with Gasteiger partial charge in [-0.05, 0) is 48.2 Å². The van der Waals surface area contributed by atoms with Crippen LogP contribution in [0.4, 0.5) is 10.2 Å². The van der Waals surface area contributed by atoms with E-state index in [0.29, 0.717) is 36.8 Å². The Kier molecular flexibility index (Phi) is 7.95. The molecule has 0 unspecified atom stereocenters. The highest BCUT2D eigenvalue weighted by Crippen LogP contribution is 2.22. The lowest BCUT2D eigenvalue weighted by Crippen LogP contribution is -2.55. The number of anilines is 1. The zero-order chi connectivity index (χ0) is 25.7. The van der Waals surface area contributed by atoms with Crippen molar-refractivity contribution >= 4 is 17.6 Å². The Morgan fingerprint density at radius 1 is 1.11 bits per heavy atom. The summed E-state index contributed by atoms with van der Waals surface area (Å²) in [6, 6.07) is 16.9. The molecule has 7 nitrogen and oxygen atoms in total. The second kappa shape index (κ2) is 11.3. The molecule has 1 saturated heterocycles. The predicted octanol–water partition coefficient (Wildman–Crippen LogP) is 4.21. The highest BCUT2D eigenvalue weighted by molar-refractivity contribution is 5.94. The Balaban J connectivity index is 1.40. The molecule has 2 atom stereocenters. The third-order valence-corrected chi connectivity index (χ3v) is 6.30. The van der Waals surface area contributed by atoms with Crippen LogP contribution in [0.2, 0.25) is 0 Å². The van der Waals surface area contributed by atoms with Crippen LogP contribution >= 0.6 is 0 Å². The second-order valence-corrected chi connectivity index (χ2v) is 9.24. The molecule has 0 bridgehead atoms. The van der Waals surface area contributed by atoms with Crippen molar-refractivity contribution in [2.75, 3.05) is 25.0 Å². The molecular weight excluding hydrogens is 459 g/mol. The molecular formula is C28H31FN4O3. The van der Waals surface area contributed by atoms with E-state index in [-0.39, 0.29) is 23.8 Å². The number of carbonyl (C=O) groups is 2. The molecule has 0 spiro atoms. The maximum absolute atomic E-state index is 14.0. The fraction of sp³-hybridized carbons (Fsp3) is 0.321. The van der Waals surface area contributed by atoms with Crippen LogP contribution < -0.4 is 15.4 Å².